The van der Waals surface area contributed by atoms with Gasteiger partial charge in [0.25, 0.3) is 0 Å². The van der Waals surface area contributed by atoms with Crippen LogP contribution < -0.4 is 10.4 Å². The molecule has 1 heterocycles. The first kappa shape index (κ1) is 18.5. The standard InChI is InChI=1S/C18H20O7/c1-11-8-18(21)25-17-9-14(4-5-16(11)17)22-7-6-15(24-13(3)20)10-23-12(2)19/h4-5,8-9,15H,6-7,10H2,1-3H3. The van der Waals surface area contributed by atoms with E-state index in [2.05, 4.69) is 0 Å². The van der Waals surface area contributed by atoms with Crippen LogP contribution in [-0.4, -0.2) is 31.3 Å². The van der Waals surface area contributed by atoms with Crippen LogP contribution in [0.2, 0.25) is 0 Å². The van der Waals surface area contributed by atoms with Crippen molar-refractivity contribution in [2.45, 2.75) is 33.3 Å². The molecule has 0 aliphatic carbocycles. The van der Waals surface area contributed by atoms with Crippen molar-refractivity contribution in [3.05, 3.63) is 40.2 Å². The van der Waals surface area contributed by atoms with Gasteiger partial charge in [-0.1, -0.05) is 0 Å². The van der Waals surface area contributed by atoms with E-state index in [9.17, 15) is 14.4 Å². The van der Waals surface area contributed by atoms with Crippen LogP contribution in [0.3, 0.4) is 0 Å². The number of aryl methyl sites for hydroxylation is 1. The van der Waals surface area contributed by atoms with Crippen molar-refractivity contribution in [1.29, 1.82) is 0 Å². The second-order valence-corrected chi connectivity index (χ2v) is 5.58. The molecule has 1 unspecified atom stereocenters. The Morgan fingerprint density at radius 2 is 1.92 bits per heavy atom. The Balaban J connectivity index is 1.99. The minimum atomic E-state index is -0.581. The van der Waals surface area contributed by atoms with Crippen LogP contribution in [0.15, 0.2) is 33.5 Å². The molecule has 0 bridgehead atoms. The normalized spacial score (nSPS) is 11.8. The molecule has 7 nitrogen and oxygen atoms in total. The molecule has 0 saturated carbocycles. The Bertz CT molecular complexity index is 822. The van der Waals surface area contributed by atoms with E-state index in [0.717, 1.165) is 10.9 Å². The Morgan fingerprint density at radius 3 is 2.60 bits per heavy atom. The number of hydrogen-bond acceptors (Lipinski definition) is 7. The lowest BCUT2D eigenvalue weighted by Crippen LogP contribution is -2.25. The van der Waals surface area contributed by atoms with E-state index >= 15 is 0 Å². The summed E-state index contributed by atoms with van der Waals surface area (Å²) in [4.78, 5) is 33.4. The monoisotopic (exact) mass is 348 g/mol. The fraction of sp³-hybridized carbons (Fsp3) is 0.389. The number of rotatable bonds is 7. The molecule has 2 rings (SSSR count). The highest BCUT2D eigenvalue weighted by molar-refractivity contribution is 5.81. The molecule has 1 aromatic carbocycles. The average molecular weight is 348 g/mol. The molecule has 0 saturated heterocycles. The summed E-state index contributed by atoms with van der Waals surface area (Å²) in [6.45, 7) is 4.62. The zero-order chi connectivity index (χ0) is 18.4. The van der Waals surface area contributed by atoms with Crippen molar-refractivity contribution in [2.24, 2.45) is 0 Å². The van der Waals surface area contributed by atoms with Gasteiger partial charge in [-0.25, -0.2) is 4.79 Å². The van der Waals surface area contributed by atoms with Gasteiger partial charge < -0.3 is 18.6 Å². The van der Waals surface area contributed by atoms with Gasteiger partial charge in [0.1, 0.15) is 24.0 Å². The van der Waals surface area contributed by atoms with Gasteiger partial charge in [-0.15, -0.1) is 0 Å². The van der Waals surface area contributed by atoms with Crippen molar-refractivity contribution in [1.82, 2.24) is 0 Å². The number of esters is 2. The Hall–Kier alpha value is -2.83. The number of ether oxygens (including phenoxy) is 3. The number of fused-ring (bicyclic) bond motifs is 1. The number of carbonyl (C=O) groups excluding carboxylic acids is 2. The predicted molar refractivity (Wildman–Crippen MR) is 89.5 cm³/mol. The highest BCUT2D eigenvalue weighted by Crippen LogP contribution is 2.22. The Labute approximate surface area is 144 Å². The van der Waals surface area contributed by atoms with E-state index in [4.69, 9.17) is 18.6 Å². The molecule has 7 heteroatoms. The van der Waals surface area contributed by atoms with Crippen LogP contribution in [0, 0.1) is 6.92 Å². The van der Waals surface area contributed by atoms with Crippen LogP contribution in [-0.2, 0) is 19.1 Å². The number of carbonyl (C=O) groups is 2. The van der Waals surface area contributed by atoms with Crippen molar-refractivity contribution in [3.8, 4) is 5.75 Å². The van der Waals surface area contributed by atoms with Gasteiger partial charge in [0.2, 0.25) is 0 Å². The van der Waals surface area contributed by atoms with E-state index in [1.54, 1.807) is 12.1 Å². The molecule has 1 atom stereocenters. The molecule has 0 aliphatic rings. The van der Waals surface area contributed by atoms with Crippen molar-refractivity contribution in [2.75, 3.05) is 13.2 Å². The highest BCUT2D eigenvalue weighted by Gasteiger charge is 2.14. The summed E-state index contributed by atoms with van der Waals surface area (Å²) in [5.74, 6) is -0.381. The summed E-state index contributed by atoms with van der Waals surface area (Å²) in [5, 5.41) is 0.833. The zero-order valence-electron chi connectivity index (χ0n) is 14.4. The molecule has 0 radical (unpaired) electrons. The van der Waals surface area contributed by atoms with E-state index in [0.29, 0.717) is 17.8 Å². The molecule has 0 fully saturated rings. The summed E-state index contributed by atoms with van der Waals surface area (Å²) in [6.07, 6.45) is -0.232. The van der Waals surface area contributed by atoms with Gasteiger partial charge in [0.05, 0.1) is 6.61 Å². The maximum Gasteiger partial charge on any atom is 0.336 e. The minimum Gasteiger partial charge on any atom is -0.493 e. The van der Waals surface area contributed by atoms with Crippen molar-refractivity contribution >= 4 is 22.9 Å². The summed E-state index contributed by atoms with van der Waals surface area (Å²) >= 11 is 0. The summed E-state index contributed by atoms with van der Waals surface area (Å²) in [6, 6.07) is 6.64. The molecule has 0 spiro atoms. The topological polar surface area (TPSA) is 92.0 Å². The Morgan fingerprint density at radius 1 is 1.16 bits per heavy atom. The smallest absolute Gasteiger partial charge is 0.336 e. The molecule has 0 N–H and O–H groups in total. The van der Waals surface area contributed by atoms with E-state index in [1.165, 1.54) is 19.9 Å². The first-order chi connectivity index (χ1) is 11.8. The van der Waals surface area contributed by atoms with Crippen LogP contribution in [0.4, 0.5) is 0 Å². The molecule has 0 amide bonds. The van der Waals surface area contributed by atoms with Gasteiger partial charge in [-0.3, -0.25) is 9.59 Å². The van der Waals surface area contributed by atoms with E-state index in [-0.39, 0.29) is 13.2 Å². The highest BCUT2D eigenvalue weighted by atomic mass is 16.6. The van der Waals surface area contributed by atoms with Crippen LogP contribution in [0.5, 0.6) is 5.75 Å². The first-order valence-corrected chi connectivity index (χ1v) is 7.83. The molecule has 25 heavy (non-hydrogen) atoms. The zero-order valence-corrected chi connectivity index (χ0v) is 14.4. The quantitative estimate of drug-likeness (QED) is 0.560. The third kappa shape index (κ3) is 5.63. The summed E-state index contributed by atoms with van der Waals surface area (Å²) in [7, 11) is 0. The van der Waals surface area contributed by atoms with Crippen molar-refractivity contribution in [3.63, 3.8) is 0 Å². The number of benzene rings is 1. The van der Waals surface area contributed by atoms with Gasteiger partial charge in [-0.05, 0) is 24.6 Å². The van der Waals surface area contributed by atoms with Gasteiger partial charge in [0, 0.05) is 37.8 Å². The first-order valence-electron chi connectivity index (χ1n) is 7.83. The maximum absolute atomic E-state index is 11.5. The maximum atomic E-state index is 11.5. The molecule has 134 valence electrons. The van der Waals surface area contributed by atoms with E-state index in [1.807, 2.05) is 13.0 Å². The second kappa shape index (κ2) is 8.32. The lowest BCUT2D eigenvalue weighted by molar-refractivity contribution is -0.156. The Kier molecular flexibility index (Phi) is 6.16. The molecule has 1 aromatic heterocycles. The average Bonchev–Trinajstić information content (AvgIpc) is 2.51. The van der Waals surface area contributed by atoms with Crippen LogP contribution >= 0.6 is 0 Å². The molecule has 2 aromatic rings. The summed E-state index contributed by atoms with van der Waals surface area (Å²) < 4.78 is 20.7. The van der Waals surface area contributed by atoms with Gasteiger partial charge >= 0.3 is 17.6 Å². The summed E-state index contributed by atoms with van der Waals surface area (Å²) in [5.41, 5.74) is 0.853. The third-order valence-electron chi connectivity index (χ3n) is 3.44. The van der Waals surface area contributed by atoms with Crippen molar-refractivity contribution < 1.29 is 28.2 Å². The molecular formula is C18H20O7. The fourth-order valence-electron chi connectivity index (χ4n) is 2.32. The SMILES string of the molecule is CC(=O)OCC(CCOc1ccc2c(C)cc(=O)oc2c1)OC(C)=O. The predicted octanol–water partition coefficient (Wildman–Crippen LogP) is 2.37. The minimum absolute atomic E-state index is 0.0237. The van der Waals surface area contributed by atoms with Gasteiger partial charge in [0.15, 0.2) is 0 Å². The third-order valence-corrected chi connectivity index (χ3v) is 3.44. The van der Waals surface area contributed by atoms with Gasteiger partial charge in [-0.2, -0.15) is 0 Å². The second-order valence-electron chi connectivity index (χ2n) is 5.58. The molecular weight excluding hydrogens is 328 g/mol. The fourth-order valence-corrected chi connectivity index (χ4v) is 2.32. The lowest BCUT2D eigenvalue weighted by atomic mass is 10.1. The van der Waals surface area contributed by atoms with Crippen LogP contribution in [0.25, 0.3) is 11.0 Å². The number of hydrogen-bond donors (Lipinski definition) is 0. The molecule has 0 aliphatic heterocycles. The van der Waals surface area contributed by atoms with Crippen LogP contribution in [0.1, 0.15) is 25.8 Å². The largest absolute Gasteiger partial charge is 0.493 e. The van der Waals surface area contributed by atoms with E-state index < -0.39 is 23.7 Å². The lowest BCUT2D eigenvalue weighted by Gasteiger charge is -2.17.